The van der Waals surface area contributed by atoms with Gasteiger partial charge in [-0.05, 0) is 30.3 Å². The maximum Gasteiger partial charge on any atom is 0.154 e. The molecule has 0 fully saturated rings. The third-order valence-electron chi connectivity index (χ3n) is 4.23. The lowest BCUT2D eigenvalue weighted by Gasteiger charge is -2.08. The lowest BCUT2D eigenvalue weighted by Crippen LogP contribution is -1.94. The van der Waals surface area contributed by atoms with Crippen LogP contribution in [0.5, 0.6) is 11.5 Å². The van der Waals surface area contributed by atoms with Gasteiger partial charge < -0.3 is 9.15 Å². The lowest BCUT2D eigenvalue weighted by atomic mass is 10.1. The Bertz CT molecular complexity index is 1230. The van der Waals surface area contributed by atoms with Gasteiger partial charge in [-0.3, -0.25) is 0 Å². The highest BCUT2D eigenvalue weighted by atomic mass is 35.5. The Balaban J connectivity index is 1.57. The summed E-state index contributed by atoms with van der Waals surface area (Å²) in [6.07, 6.45) is 3.63. The highest BCUT2D eigenvalue weighted by Gasteiger charge is 2.12. The van der Waals surface area contributed by atoms with Crippen LogP contribution in [0, 0.1) is 0 Å². The Labute approximate surface area is 154 Å². The average molecular weight is 361 g/mol. The summed E-state index contributed by atoms with van der Waals surface area (Å²) < 4.78 is 13.7. The first-order chi connectivity index (χ1) is 12.8. The van der Waals surface area contributed by atoms with Crippen LogP contribution in [0.25, 0.3) is 27.6 Å². The fraction of sp³-hybridized carbons (Fsp3) is 0. The minimum Gasteiger partial charge on any atom is -0.457 e. The fourth-order valence-corrected chi connectivity index (χ4v) is 3.31. The summed E-state index contributed by atoms with van der Waals surface area (Å²) >= 11 is 6.42. The van der Waals surface area contributed by atoms with Crippen molar-refractivity contribution in [3.8, 4) is 17.2 Å². The minimum absolute atomic E-state index is 0.525. The van der Waals surface area contributed by atoms with E-state index in [0.29, 0.717) is 22.1 Å². The molecule has 0 aliphatic carbocycles. The third kappa shape index (κ3) is 2.52. The highest BCUT2D eigenvalue weighted by Crippen LogP contribution is 2.37. The number of hydrogen-bond donors (Lipinski definition) is 0. The molecule has 0 aliphatic rings. The molecule has 0 bridgehead atoms. The van der Waals surface area contributed by atoms with Gasteiger partial charge in [-0.1, -0.05) is 35.9 Å². The molecule has 0 atom stereocenters. The van der Waals surface area contributed by atoms with E-state index in [1.54, 1.807) is 16.9 Å². The Morgan fingerprint density at radius 1 is 0.885 bits per heavy atom. The smallest absolute Gasteiger partial charge is 0.154 e. The van der Waals surface area contributed by atoms with E-state index >= 15 is 0 Å². The van der Waals surface area contributed by atoms with Crippen LogP contribution in [-0.4, -0.2) is 9.78 Å². The van der Waals surface area contributed by atoms with Gasteiger partial charge in [-0.25, -0.2) is 4.68 Å². The quantitative estimate of drug-likeness (QED) is 0.383. The summed E-state index contributed by atoms with van der Waals surface area (Å²) in [5.74, 6) is 1.37. The topological polar surface area (TPSA) is 40.2 Å². The standard InChI is InChI=1S/C21H13ClN2O2/c22-19-13-16(12-18-17-7-1-2-8-20(17)26-21(18)19)25-15-6-3-5-14(11-15)24-10-4-9-23-24/h1-13H. The van der Waals surface area contributed by atoms with Crippen LogP contribution in [0.4, 0.5) is 0 Å². The molecular formula is C21H13ClN2O2. The molecule has 0 unspecified atom stereocenters. The number of nitrogens with zero attached hydrogens (tertiary/aromatic N) is 2. The molecule has 2 heterocycles. The van der Waals surface area contributed by atoms with E-state index in [2.05, 4.69) is 5.10 Å². The largest absolute Gasteiger partial charge is 0.457 e. The zero-order valence-corrected chi connectivity index (χ0v) is 14.4. The molecule has 5 rings (SSSR count). The van der Waals surface area contributed by atoms with Crippen molar-refractivity contribution in [3.63, 3.8) is 0 Å². The lowest BCUT2D eigenvalue weighted by molar-refractivity contribution is 0.482. The number of hydrogen-bond acceptors (Lipinski definition) is 3. The number of benzene rings is 3. The molecule has 3 aromatic carbocycles. The molecule has 0 amide bonds. The summed E-state index contributed by atoms with van der Waals surface area (Å²) in [6.45, 7) is 0. The van der Waals surface area contributed by atoms with E-state index in [1.807, 2.05) is 66.9 Å². The normalized spacial score (nSPS) is 11.3. The monoisotopic (exact) mass is 360 g/mol. The molecule has 0 radical (unpaired) electrons. The average Bonchev–Trinajstić information content (AvgIpc) is 3.30. The molecule has 0 aliphatic heterocycles. The maximum absolute atomic E-state index is 6.42. The molecule has 5 aromatic rings. The summed E-state index contributed by atoms with van der Waals surface area (Å²) in [5, 5.41) is 6.72. The highest BCUT2D eigenvalue weighted by molar-refractivity contribution is 6.36. The van der Waals surface area contributed by atoms with Gasteiger partial charge in [0.15, 0.2) is 5.58 Å². The van der Waals surface area contributed by atoms with Gasteiger partial charge in [0.1, 0.15) is 17.1 Å². The Morgan fingerprint density at radius 3 is 2.69 bits per heavy atom. The van der Waals surface area contributed by atoms with Crippen molar-refractivity contribution in [2.75, 3.05) is 0 Å². The van der Waals surface area contributed by atoms with Gasteiger partial charge in [-0.2, -0.15) is 5.10 Å². The molecule has 4 nitrogen and oxygen atoms in total. The van der Waals surface area contributed by atoms with Crippen LogP contribution >= 0.6 is 11.6 Å². The molecule has 2 aromatic heterocycles. The number of aromatic nitrogens is 2. The van der Waals surface area contributed by atoms with Crippen molar-refractivity contribution in [1.29, 1.82) is 0 Å². The molecule has 0 spiro atoms. The predicted octanol–water partition coefficient (Wildman–Crippen LogP) is 6.22. The number of rotatable bonds is 3. The van der Waals surface area contributed by atoms with E-state index in [4.69, 9.17) is 20.8 Å². The molecular weight excluding hydrogens is 348 g/mol. The van der Waals surface area contributed by atoms with Crippen molar-refractivity contribution in [3.05, 3.63) is 84.1 Å². The van der Waals surface area contributed by atoms with Gasteiger partial charge in [0.2, 0.25) is 0 Å². The zero-order chi connectivity index (χ0) is 17.5. The number of para-hydroxylation sites is 1. The molecule has 0 N–H and O–H groups in total. The summed E-state index contributed by atoms with van der Waals surface area (Å²) in [5.41, 5.74) is 2.40. The second kappa shape index (κ2) is 5.93. The van der Waals surface area contributed by atoms with Crippen LogP contribution in [0.1, 0.15) is 0 Å². The maximum atomic E-state index is 6.42. The first-order valence-electron chi connectivity index (χ1n) is 8.17. The number of furan rings is 1. The molecule has 0 saturated carbocycles. The first kappa shape index (κ1) is 15.0. The molecule has 5 heteroatoms. The number of ether oxygens (including phenoxy) is 1. The van der Waals surface area contributed by atoms with Gasteiger partial charge >= 0.3 is 0 Å². The van der Waals surface area contributed by atoms with Gasteiger partial charge in [-0.15, -0.1) is 0 Å². The first-order valence-corrected chi connectivity index (χ1v) is 8.54. The van der Waals surface area contributed by atoms with E-state index in [-0.39, 0.29) is 0 Å². The second-order valence-electron chi connectivity index (χ2n) is 5.93. The van der Waals surface area contributed by atoms with E-state index in [9.17, 15) is 0 Å². The predicted molar refractivity (Wildman–Crippen MR) is 102 cm³/mol. The van der Waals surface area contributed by atoms with Gasteiger partial charge in [0.25, 0.3) is 0 Å². The van der Waals surface area contributed by atoms with Crippen molar-refractivity contribution >= 4 is 33.5 Å². The summed E-state index contributed by atoms with van der Waals surface area (Å²) in [7, 11) is 0. The Hall–Kier alpha value is -3.24. The van der Waals surface area contributed by atoms with Crippen molar-refractivity contribution in [2.24, 2.45) is 0 Å². The SMILES string of the molecule is Clc1cc(Oc2cccc(-n3cccn3)c2)cc2c1oc1ccccc12. The van der Waals surface area contributed by atoms with Crippen LogP contribution < -0.4 is 4.74 Å². The Morgan fingerprint density at radius 2 is 1.81 bits per heavy atom. The van der Waals surface area contributed by atoms with Crippen molar-refractivity contribution in [1.82, 2.24) is 9.78 Å². The minimum atomic E-state index is 0.525. The van der Waals surface area contributed by atoms with Crippen LogP contribution in [0.3, 0.4) is 0 Å². The fourth-order valence-electron chi connectivity index (χ4n) is 3.07. The second-order valence-corrected chi connectivity index (χ2v) is 6.34. The number of fused-ring (bicyclic) bond motifs is 3. The van der Waals surface area contributed by atoms with Gasteiger partial charge in [0, 0.05) is 35.3 Å². The Kier molecular flexibility index (Phi) is 3.43. The molecule has 26 heavy (non-hydrogen) atoms. The van der Waals surface area contributed by atoms with Crippen LogP contribution in [0.2, 0.25) is 5.02 Å². The zero-order valence-electron chi connectivity index (χ0n) is 13.6. The van der Waals surface area contributed by atoms with E-state index in [1.165, 1.54) is 0 Å². The third-order valence-corrected chi connectivity index (χ3v) is 4.51. The molecule has 126 valence electrons. The van der Waals surface area contributed by atoms with Crippen molar-refractivity contribution in [2.45, 2.75) is 0 Å². The van der Waals surface area contributed by atoms with E-state index in [0.717, 1.165) is 22.0 Å². The van der Waals surface area contributed by atoms with Gasteiger partial charge in [0.05, 0.1) is 10.7 Å². The van der Waals surface area contributed by atoms with E-state index < -0.39 is 0 Å². The molecule has 0 saturated heterocycles. The van der Waals surface area contributed by atoms with Crippen LogP contribution in [-0.2, 0) is 0 Å². The summed E-state index contributed by atoms with van der Waals surface area (Å²) in [4.78, 5) is 0. The van der Waals surface area contributed by atoms with Crippen molar-refractivity contribution < 1.29 is 9.15 Å². The summed E-state index contributed by atoms with van der Waals surface area (Å²) in [6, 6.07) is 21.2. The van der Waals surface area contributed by atoms with Crippen LogP contribution in [0.15, 0.2) is 83.5 Å². The number of halogens is 1.